The van der Waals surface area contributed by atoms with Crippen molar-refractivity contribution in [3.8, 4) is 0 Å². The Balaban J connectivity index is 0.00000625. The first-order valence-electron chi connectivity index (χ1n) is 7.62. The van der Waals surface area contributed by atoms with Crippen LogP contribution in [-0.2, 0) is 17.5 Å². The second-order valence-electron chi connectivity index (χ2n) is 5.81. The van der Waals surface area contributed by atoms with Gasteiger partial charge in [-0.2, -0.15) is 13.2 Å². The lowest BCUT2D eigenvalue weighted by Gasteiger charge is -2.15. The Kier molecular flexibility index (Phi) is 10.3. The second kappa shape index (κ2) is 11.0. The van der Waals surface area contributed by atoms with Crippen molar-refractivity contribution in [1.82, 2.24) is 15.5 Å². The van der Waals surface area contributed by atoms with Crippen LogP contribution < -0.4 is 10.6 Å². The van der Waals surface area contributed by atoms with Gasteiger partial charge in [0, 0.05) is 20.6 Å². The third-order valence-electron chi connectivity index (χ3n) is 3.16. The summed E-state index contributed by atoms with van der Waals surface area (Å²) in [4.78, 5) is 17.4. The number of nitrogens with zero attached hydrogens (tertiary/aromatic N) is 2. The van der Waals surface area contributed by atoms with E-state index in [2.05, 4.69) is 22.2 Å². The Bertz CT molecular complexity index is 628. The quantitative estimate of drug-likeness (QED) is 0.283. The lowest BCUT2D eigenvalue weighted by molar-refractivity contribution is -0.137. The highest BCUT2D eigenvalue weighted by Gasteiger charge is 2.29. The van der Waals surface area contributed by atoms with E-state index in [1.165, 1.54) is 17.0 Å². The van der Waals surface area contributed by atoms with Gasteiger partial charge in [-0.15, -0.1) is 24.0 Å². The van der Waals surface area contributed by atoms with Crippen molar-refractivity contribution in [2.24, 2.45) is 4.99 Å². The molecule has 0 atom stereocenters. The fourth-order valence-corrected chi connectivity index (χ4v) is 1.70. The van der Waals surface area contributed by atoms with Gasteiger partial charge < -0.3 is 15.5 Å². The van der Waals surface area contributed by atoms with E-state index in [1.807, 2.05) is 6.92 Å². The molecule has 1 aromatic carbocycles. The highest BCUT2D eigenvalue weighted by Crippen LogP contribution is 2.29. The third kappa shape index (κ3) is 9.07. The number of aliphatic imine (C=N–C) groups is 1. The topological polar surface area (TPSA) is 56.7 Å². The first-order valence-corrected chi connectivity index (χ1v) is 7.62. The SMILES string of the molecule is C=C(C)CNC(=NCc1ccc(C(F)(F)F)cc1)NCC(=O)N(C)C.I. The molecule has 5 nitrogen and oxygen atoms in total. The molecule has 0 radical (unpaired) electrons. The summed E-state index contributed by atoms with van der Waals surface area (Å²) < 4.78 is 37.7. The molecule has 0 bridgehead atoms. The maximum Gasteiger partial charge on any atom is 0.416 e. The van der Waals surface area contributed by atoms with Crippen molar-refractivity contribution in [2.75, 3.05) is 27.2 Å². The third-order valence-corrected chi connectivity index (χ3v) is 3.16. The van der Waals surface area contributed by atoms with E-state index < -0.39 is 11.7 Å². The fraction of sp³-hybridized carbons (Fsp3) is 0.412. The summed E-state index contributed by atoms with van der Waals surface area (Å²) in [5.74, 6) is 0.262. The van der Waals surface area contributed by atoms with Gasteiger partial charge in [0.05, 0.1) is 18.7 Å². The number of likely N-dealkylation sites (N-methyl/N-ethyl adjacent to an activating group) is 1. The fourth-order valence-electron chi connectivity index (χ4n) is 1.70. The van der Waals surface area contributed by atoms with Crippen molar-refractivity contribution >= 4 is 35.8 Å². The Labute approximate surface area is 168 Å². The van der Waals surface area contributed by atoms with Crippen molar-refractivity contribution in [2.45, 2.75) is 19.6 Å². The minimum absolute atomic E-state index is 0. The van der Waals surface area contributed by atoms with Crippen LogP contribution in [0.2, 0.25) is 0 Å². The maximum absolute atomic E-state index is 12.6. The Morgan fingerprint density at radius 1 is 1.15 bits per heavy atom. The molecule has 1 rings (SSSR count). The number of rotatable bonds is 6. The van der Waals surface area contributed by atoms with Gasteiger partial charge in [-0.05, 0) is 24.6 Å². The molecule has 2 N–H and O–H groups in total. The van der Waals surface area contributed by atoms with Crippen molar-refractivity contribution in [1.29, 1.82) is 0 Å². The normalized spacial score (nSPS) is 11.4. The molecule has 0 aliphatic carbocycles. The maximum atomic E-state index is 12.6. The molecule has 146 valence electrons. The summed E-state index contributed by atoms with van der Waals surface area (Å²) in [6, 6.07) is 4.81. The molecule has 0 fully saturated rings. The van der Waals surface area contributed by atoms with E-state index in [-0.39, 0.29) is 43.0 Å². The van der Waals surface area contributed by atoms with Gasteiger partial charge in [-0.1, -0.05) is 24.3 Å². The van der Waals surface area contributed by atoms with Crippen molar-refractivity contribution in [3.63, 3.8) is 0 Å². The predicted molar refractivity (Wildman–Crippen MR) is 108 cm³/mol. The smallest absolute Gasteiger partial charge is 0.353 e. The van der Waals surface area contributed by atoms with Crippen LogP contribution >= 0.6 is 24.0 Å². The van der Waals surface area contributed by atoms with Crippen LogP contribution in [0.15, 0.2) is 41.4 Å². The molecule has 9 heteroatoms. The van der Waals surface area contributed by atoms with Crippen LogP contribution in [0.5, 0.6) is 0 Å². The molecule has 0 saturated heterocycles. The zero-order valence-electron chi connectivity index (χ0n) is 15.0. The van der Waals surface area contributed by atoms with Gasteiger partial charge in [0.1, 0.15) is 0 Å². The van der Waals surface area contributed by atoms with Crippen LogP contribution in [0.3, 0.4) is 0 Å². The van der Waals surface area contributed by atoms with Crippen LogP contribution in [-0.4, -0.2) is 44.0 Å². The molecule has 0 aliphatic heterocycles. The summed E-state index contributed by atoms with van der Waals surface area (Å²) in [6.07, 6.45) is -4.36. The summed E-state index contributed by atoms with van der Waals surface area (Å²) in [5, 5.41) is 5.90. The van der Waals surface area contributed by atoms with E-state index in [4.69, 9.17) is 0 Å². The number of alkyl halides is 3. The number of benzene rings is 1. The van der Waals surface area contributed by atoms with E-state index in [1.54, 1.807) is 14.1 Å². The summed E-state index contributed by atoms with van der Waals surface area (Å²) >= 11 is 0. The Morgan fingerprint density at radius 2 is 1.69 bits per heavy atom. The minimum Gasteiger partial charge on any atom is -0.353 e. The van der Waals surface area contributed by atoms with Gasteiger partial charge in [0.25, 0.3) is 0 Å². The molecule has 26 heavy (non-hydrogen) atoms. The molecule has 0 spiro atoms. The van der Waals surface area contributed by atoms with Gasteiger partial charge in [0.2, 0.25) is 5.91 Å². The van der Waals surface area contributed by atoms with Crippen LogP contribution in [0.25, 0.3) is 0 Å². The molecule has 0 unspecified atom stereocenters. The van der Waals surface area contributed by atoms with Gasteiger partial charge in [-0.3, -0.25) is 4.79 Å². The highest BCUT2D eigenvalue weighted by molar-refractivity contribution is 14.0. The molecule has 0 aromatic heterocycles. The summed E-state index contributed by atoms with van der Waals surface area (Å²) in [7, 11) is 3.29. The van der Waals surface area contributed by atoms with E-state index in [9.17, 15) is 18.0 Å². The minimum atomic E-state index is -4.36. The van der Waals surface area contributed by atoms with Gasteiger partial charge >= 0.3 is 6.18 Å². The number of nitrogens with one attached hydrogen (secondary N) is 2. The molecular formula is C17H24F3IN4O. The first kappa shape index (κ1) is 24.2. The molecule has 1 amide bonds. The molecule has 0 heterocycles. The Hall–Kier alpha value is -1.78. The largest absolute Gasteiger partial charge is 0.416 e. The molecule has 1 aromatic rings. The monoisotopic (exact) mass is 484 g/mol. The van der Waals surface area contributed by atoms with Gasteiger partial charge in [0.15, 0.2) is 5.96 Å². The van der Waals surface area contributed by atoms with Crippen LogP contribution in [0.4, 0.5) is 13.2 Å². The number of amides is 1. The van der Waals surface area contributed by atoms with Crippen molar-refractivity contribution < 1.29 is 18.0 Å². The van der Waals surface area contributed by atoms with Gasteiger partial charge in [-0.25, -0.2) is 4.99 Å². The first-order chi connectivity index (χ1) is 11.6. The Morgan fingerprint density at radius 3 is 2.15 bits per heavy atom. The number of carbonyl (C=O) groups excluding carboxylic acids is 1. The standard InChI is InChI=1S/C17H23F3N4O.HI/c1-12(2)9-21-16(23-11-15(25)24(3)4)22-10-13-5-7-14(8-6-13)17(18,19)20;/h5-8H,1,9-11H2,2-4H3,(H2,21,22,23);1H. The molecule has 0 aliphatic rings. The lowest BCUT2D eigenvalue weighted by atomic mass is 10.1. The summed E-state index contributed by atoms with van der Waals surface area (Å²) in [5.41, 5.74) is 0.807. The lowest BCUT2D eigenvalue weighted by Crippen LogP contribution is -2.43. The number of hydrogen-bond acceptors (Lipinski definition) is 2. The number of halogens is 4. The highest BCUT2D eigenvalue weighted by atomic mass is 127. The zero-order chi connectivity index (χ0) is 19.0. The number of carbonyl (C=O) groups is 1. The van der Waals surface area contributed by atoms with E-state index in [0.717, 1.165) is 17.7 Å². The van der Waals surface area contributed by atoms with Crippen LogP contribution in [0.1, 0.15) is 18.1 Å². The summed E-state index contributed by atoms with van der Waals surface area (Å²) in [6.45, 7) is 6.32. The predicted octanol–water partition coefficient (Wildman–Crippen LogP) is 3.02. The molecular weight excluding hydrogens is 460 g/mol. The molecule has 0 saturated carbocycles. The number of hydrogen-bond donors (Lipinski definition) is 2. The van der Waals surface area contributed by atoms with Crippen molar-refractivity contribution in [3.05, 3.63) is 47.5 Å². The second-order valence-corrected chi connectivity index (χ2v) is 5.81. The van der Waals surface area contributed by atoms with E-state index in [0.29, 0.717) is 18.1 Å². The van der Waals surface area contributed by atoms with E-state index >= 15 is 0 Å². The average Bonchev–Trinajstić information content (AvgIpc) is 2.53. The van der Waals surface area contributed by atoms with Crippen LogP contribution in [0, 0.1) is 0 Å². The average molecular weight is 484 g/mol. The number of guanidine groups is 1. The zero-order valence-corrected chi connectivity index (χ0v) is 17.3.